The highest BCUT2D eigenvalue weighted by Gasteiger charge is 2.32. The lowest BCUT2D eigenvalue weighted by Crippen LogP contribution is -2.27. The van der Waals surface area contributed by atoms with E-state index in [9.17, 15) is 22.8 Å². The number of ether oxygens (including phenoxy) is 1. The van der Waals surface area contributed by atoms with Crippen molar-refractivity contribution in [2.24, 2.45) is 0 Å². The number of amides is 2. The molecule has 184 valence electrons. The number of nitrogens with one attached hydrogen (secondary N) is 1. The molecule has 0 aromatic heterocycles. The zero-order chi connectivity index (χ0) is 25.7. The van der Waals surface area contributed by atoms with E-state index < -0.39 is 17.6 Å². The van der Waals surface area contributed by atoms with E-state index in [2.05, 4.69) is 5.32 Å². The van der Waals surface area contributed by atoms with E-state index in [0.29, 0.717) is 21.5 Å². The van der Waals surface area contributed by atoms with Gasteiger partial charge in [0.25, 0.3) is 11.8 Å². The zero-order valence-electron chi connectivity index (χ0n) is 18.6. The van der Waals surface area contributed by atoms with Crippen molar-refractivity contribution in [3.63, 3.8) is 0 Å². The first-order chi connectivity index (χ1) is 17.2. The lowest BCUT2D eigenvalue weighted by molar-refractivity contribution is -0.137. The zero-order valence-corrected chi connectivity index (χ0v) is 20.3. The molecule has 0 unspecified atom stereocenters. The van der Waals surface area contributed by atoms with Gasteiger partial charge in [-0.3, -0.25) is 14.5 Å². The number of carbonyl (C=O) groups is 2. The maximum Gasteiger partial charge on any atom is 0.416 e. The molecule has 2 amide bonds. The first-order valence-corrected chi connectivity index (χ1v) is 11.9. The van der Waals surface area contributed by atoms with Crippen molar-refractivity contribution < 1.29 is 27.5 Å². The third kappa shape index (κ3) is 6.52. The van der Waals surface area contributed by atoms with Gasteiger partial charge in [-0.25, -0.2) is 0 Å². The number of benzene rings is 3. The van der Waals surface area contributed by atoms with Crippen LogP contribution in [0.15, 0.2) is 83.8 Å². The van der Waals surface area contributed by atoms with E-state index in [1.807, 2.05) is 30.3 Å². The fourth-order valence-electron chi connectivity index (χ4n) is 3.33. The van der Waals surface area contributed by atoms with Crippen molar-refractivity contribution in [3.05, 3.63) is 100 Å². The molecule has 0 atom stereocenters. The highest BCUT2D eigenvalue weighted by molar-refractivity contribution is 8.26. The minimum atomic E-state index is -4.50. The topological polar surface area (TPSA) is 58.6 Å². The second-order valence-corrected chi connectivity index (χ2v) is 9.41. The lowest BCUT2D eigenvalue weighted by atomic mass is 10.2. The first kappa shape index (κ1) is 25.5. The van der Waals surface area contributed by atoms with Crippen molar-refractivity contribution in [2.45, 2.75) is 12.7 Å². The van der Waals surface area contributed by atoms with Gasteiger partial charge in [-0.15, -0.1) is 0 Å². The molecule has 36 heavy (non-hydrogen) atoms. The summed E-state index contributed by atoms with van der Waals surface area (Å²) in [6.07, 6.45) is -2.77. The summed E-state index contributed by atoms with van der Waals surface area (Å²) < 4.78 is 44.4. The molecule has 10 heteroatoms. The van der Waals surface area contributed by atoms with Gasteiger partial charge < -0.3 is 10.1 Å². The van der Waals surface area contributed by atoms with Crippen LogP contribution in [0.5, 0.6) is 5.75 Å². The first-order valence-electron chi connectivity index (χ1n) is 10.7. The summed E-state index contributed by atoms with van der Waals surface area (Å²) in [7, 11) is 0. The monoisotopic (exact) mass is 528 g/mol. The Morgan fingerprint density at radius 1 is 1.03 bits per heavy atom. The molecule has 1 aliphatic rings. The van der Waals surface area contributed by atoms with Crippen LogP contribution in [0.3, 0.4) is 0 Å². The highest BCUT2D eigenvalue weighted by Crippen LogP contribution is 2.34. The summed E-state index contributed by atoms with van der Waals surface area (Å²) in [6, 6.07) is 20.7. The predicted molar refractivity (Wildman–Crippen MR) is 137 cm³/mol. The molecular formula is C26H19F3N2O3S2. The summed E-state index contributed by atoms with van der Waals surface area (Å²) in [5.74, 6) is -0.371. The number of carbonyl (C=O) groups excluding carboxylic acids is 2. The molecule has 0 saturated carbocycles. The van der Waals surface area contributed by atoms with Crippen molar-refractivity contribution in [1.29, 1.82) is 0 Å². The average Bonchev–Trinajstić information content (AvgIpc) is 3.11. The summed E-state index contributed by atoms with van der Waals surface area (Å²) in [5, 5.41) is 2.38. The molecule has 1 N–H and O–H groups in total. The summed E-state index contributed by atoms with van der Waals surface area (Å²) in [6.45, 7) is 0.0198. The summed E-state index contributed by atoms with van der Waals surface area (Å²) in [5.41, 5.74) is 0.900. The molecule has 1 aliphatic heterocycles. The van der Waals surface area contributed by atoms with Crippen LogP contribution >= 0.6 is 24.0 Å². The minimum Gasteiger partial charge on any atom is -0.484 e. The molecule has 0 spiro atoms. The van der Waals surface area contributed by atoms with Crippen LogP contribution in [-0.2, 0) is 22.3 Å². The van der Waals surface area contributed by atoms with Crippen molar-refractivity contribution in [2.75, 3.05) is 11.9 Å². The molecule has 0 aliphatic carbocycles. The molecule has 1 fully saturated rings. The van der Waals surface area contributed by atoms with Crippen molar-refractivity contribution in [3.8, 4) is 5.75 Å². The van der Waals surface area contributed by atoms with Gasteiger partial charge in [0.2, 0.25) is 0 Å². The normalized spacial score (nSPS) is 14.9. The van der Waals surface area contributed by atoms with Crippen molar-refractivity contribution in [1.82, 2.24) is 4.90 Å². The standard InChI is InChI=1S/C26H19F3N2O3S2/c27-26(28,29)19-7-4-8-20(14-19)30-23(32)16-34-21-11-9-17(10-12-21)13-22-24(33)31(25(35)36-22)15-18-5-2-1-3-6-18/h1-14H,15-16H2,(H,30,32)/b22-13-. The van der Waals surface area contributed by atoms with Crippen LogP contribution in [0.2, 0.25) is 0 Å². The van der Waals surface area contributed by atoms with Crippen LogP contribution in [0, 0.1) is 0 Å². The van der Waals surface area contributed by atoms with Crippen LogP contribution in [0.1, 0.15) is 16.7 Å². The molecule has 1 saturated heterocycles. The number of anilines is 1. The Hall–Kier alpha value is -3.63. The Kier molecular flexibility index (Phi) is 7.76. The van der Waals surface area contributed by atoms with Crippen molar-refractivity contribution >= 4 is 51.9 Å². The van der Waals surface area contributed by atoms with Gasteiger partial charge in [0.05, 0.1) is 17.0 Å². The Bertz CT molecular complexity index is 1310. The van der Waals surface area contributed by atoms with E-state index in [-0.39, 0.29) is 18.2 Å². The SMILES string of the molecule is O=C(COc1ccc(/C=C2\SC(=S)N(Cc3ccccc3)C2=O)cc1)Nc1cccc(C(F)(F)F)c1. The number of alkyl halides is 3. The number of nitrogens with zero attached hydrogens (tertiary/aromatic N) is 1. The Labute approximate surface area is 214 Å². The second-order valence-electron chi connectivity index (χ2n) is 7.74. The van der Waals surface area contributed by atoms with Crippen LogP contribution in [0.25, 0.3) is 6.08 Å². The lowest BCUT2D eigenvalue weighted by Gasteiger charge is -2.14. The summed E-state index contributed by atoms with van der Waals surface area (Å²) in [4.78, 5) is 27.0. The number of rotatable bonds is 7. The highest BCUT2D eigenvalue weighted by atomic mass is 32.2. The molecule has 1 heterocycles. The van der Waals surface area contributed by atoms with E-state index in [4.69, 9.17) is 17.0 Å². The average molecular weight is 529 g/mol. The van der Waals surface area contributed by atoms with E-state index in [1.165, 1.54) is 23.9 Å². The largest absolute Gasteiger partial charge is 0.484 e. The summed E-state index contributed by atoms with van der Waals surface area (Å²) >= 11 is 6.61. The van der Waals surface area contributed by atoms with Gasteiger partial charge in [0, 0.05) is 5.69 Å². The van der Waals surface area contributed by atoms with Gasteiger partial charge in [0.15, 0.2) is 6.61 Å². The molecule has 3 aromatic carbocycles. The second kappa shape index (κ2) is 11.0. The van der Waals surface area contributed by atoms with Gasteiger partial charge in [-0.05, 0) is 47.5 Å². The number of hydrogen-bond acceptors (Lipinski definition) is 5. The van der Waals surface area contributed by atoms with Crippen LogP contribution in [-0.4, -0.2) is 27.6 Å². The molecule has 3 aromatic rings. The molecule has 0 bridgehead atoms. The Morgan fingerprint density at radius 2 is 1.75 bits per heavy atom. The quantitative estimate of drug-likeness (QED) is 0.296. The maximum absolute atomic E-state index is 12.8. The number of thiocarbonyl (C=S) groups is 1. The number of thioether (sulfide) groups is 1. The third-order valence-electron chi connectivity index (χ3n) is 5.08. The van der Waals surface area contributed by atoms with Crippen LogP contribution in [0.4, 0.5) is 18.9 Å². The Balaban J connectivity index is 1.32. The molecular weight excluding hydrogens is 509 g/mol. The molecule has 0 radical (unpaired) electrons. The number of halogens is 3. The van der Waals surface area contributed by atoms with Gasteiger partial charge >= 0.3 is 6.18 Å². The molecule has 5 nitrogen and oxygen atoms in total. The maximum atomic E-state index is 12.8. The fraction of sp³-hybridized carbons (Fsp3) is 0.115. The van der Waals surface area contributed by atoms with Gasteiger partial charge in [-0.1, -0.05) is 72.5 Å². The molecule has 4 rings (SSSR count). The minimum absolute atomic E-state index is 0.0263. The van der Waals surface area contributed by atoms with E-state index in [1.54, 1.807) is 35.2 Å². The number of hydrogen-bond donors (Lipinski definition) is 1. The van der Waals surface area contributed by atoms with Gasteiger partial charge in [-0.2, -0.15) is 13.2 Å². The fourth-order valence-corrected chi connectivity index (χ4v) is 4.59. The predicted octanol–water partition coefficient (Wildman–Crippen LogP) is 6.12. The van der Waals surface area contributed by atoms with Gasteiger partial charge in [0.1, 0.15) is 10.1 Å². The van der Waals surface area contributed by atoms with Crippen LogP contribution < -0.4 is 10.1 Å². The third-order valence-corrected chi connectivity index (χ3v) is 6.46. The Morgan fingerprint density at radius 3 is 2.44 bits per heavy atom. The van der Waals surface area contributed by atoms with E-state index >= 15 is 0 Å². The van der Waals surface area contributed by atoms with E-state index in [0.717, 1.165) is 23.3 Å². The smallest absolute Gasteiger partial charge is 0.416 e.